The highest BCUT2D eigenvalue weighted by molar-refractivity contribution is 7.18. The van der Waals surface area contributed by atoms with Crippen LogP contribution in [0.2, 0.25) is 0 Å². The Bertz CT molecular complexity index is 1060. The van der Waals surface area contributed by atoms with Crippen LogP contribution in [0.1, 0.15) is 23.3 Å². The van der Waals surface area contributed by atoms with Gasteiger partial charge in [-0.2, -0.15) is 0 Å². The van der Waals surface area contributed by atoms with Crippen molar-refractivity contribution in [3.05, 3.63) is 56.6 Å². The summed E-state index contributed by atoms with van der Waals surface area (Å²) in [5, 5.41) is 2.66. The van der Waals surface area contributed by atoms with Crippen LogP contribution in [0.3, 0.4) is 0 Å². The summed E-state index contributed by atoms with van der Waals surface area (Å²) in [6, 6.07) is 5.87. The molecule has 0 radical (unpaired) electrons. The van der Waals surface area contributed by atoms with Gasteiger partial charge in [0.15, 0.2) is 0 Å². The lowest BCUT2D eigenvalue weighted by Crippen LogP contribution is -2.21. The van der Waals surface area contributed by atoms with E-state index in [4.69, 9.17) is 4.42 Å². The minimum atomic E-state index is -0.0315. The van der Waals surface area contributed by atoms with Gasteiger partial charge < -0.3 is 4.42 Å². The molecule has 122 valence electrons. The smallest absolute Gasteiger partial charge is 0.262 e. The zero-order valence-corrected chi connectivity index (χ0v) is 14.9. The van der Waals surface area contributed by atoms with Crippen molar-refractivity contribution in [1.82, 2.24) is 14.5 Å². The van der Waals surface area contributed by atoms with Crippen molar-refractivity contribution < 1.29 is 4.42 Å². The molecule has 24 heavy (non-hydrogen) atoms. The molecule has 4 rings (SSSR count). The number of hydrogen-bond donors (Lipinski definition) is 0. The fourth-order valence-electron chi connectivity index (χ4n) is 2.54. The largest absolute Gasteiger partial charge is 0.440 e. The Balaban J connectivity index is 1.72. The molecule has 0 aromatic carbocycles. The molecule has 0 amide bonds. The van der Waals surface area contributed by atoms with E-state index in [0.29, 0.717) is 17.8 Å². The Morgan fingerprint density at radius 1 is 1.38 bits per heavy atom. The van der Waals surface area contributed by atoms with Gasteiger partial charge in [0.2, 0.25) is 5.89 Å². The van der Waals surface area contributed by atoms with E-state index < -0.39 is 0 Å². The molecule has 0 aliphatic heterocycles. The topological polar surface area (TPSA) is 60.9 Å². The lowest BCUT2D eigenvalue weighted by atomic mass is 10.3. The monoisotopic (exact) mass is 357 g/mol. The summed E-state index contributed by atoms with van der Waals surface area (Å²) in [5.74, 6) is 1.33. The van der Waals surface area contributed by atoms with Crippen LogP contribution in [-0.4, -0.2) is 14.5 Å². The molecule has 0 saturated carbocycles. The van der Waals surface area contributed by atoms with Crippen molar-refractivity contribution in [3.63, 3.8) is 0 Å². The molecular weight excluding hydrogens is 342 g/mol. The number of fused-ring (bicyclic) bond motifs is 1. The summed E-state index contributed by atoms with van der Waals surface area (Å²) in [7, 11) is 0. The van der Waals surface area contributed by atoms with Gasteiger partial charge in [-0.15, -0.1) is 22.7 Å². The minimum absolute atomic E-state index is 0.0315. The second-order valence-electron chi connectivity index (χ2n) is 5.46. The van der Waals surface area contributed by atoms with Crippen molar-refractivity contribution in [3.8, 4) is 10.8 Å². The maximum absolute atomic E-state index is 12.7. The Morgan fingerprint density at radius 3 is 3.00 bits per heavy atom. The quantitative estimate of drug-likeness (QED) is 0.552. The van der Waals surface area contributed by atoms with Crippen LogP contribution < -0.4 is 5.56 Å². The Hall–Kier alpha value is -2.25. The lowest BCUT2D eigenvalue weighted by molar-refractivity contribution is 0.538. The van der Waals surface area contributed by atoms with Crippen molar-refractivity contribution in [2.24, 2.45) is 0 Å². The highest BCUT2D eigenvalue weighted by atomic mass is 32.1. The molecule has 4 aromatic heterocycles. The van der Waals surface area contributed by atoms with E-state index in [1.54, 1.807) is 33.6 Å². The second kappa shape index (κ2) is 5.99. The van der Waals surface area contributed by atoms with Crippen molar-refractivity contribution in [1.29, 1.82) is 0 Å². The second-order valence-corrected chi connectivity index (χ2v) is 7.52. The number of aromatic nitrogens is 3. The highest BCUT2D eigenvalue weighted by Gasteiger charge is 2.15. The maximum Gasteiger partial charge on any atom is 0.262 e. The standard InChI is InChI=1S/C17H15N3O2S2/c1-3-11-7-12-16(24-11)18-9-20(17(12)21)8-13-10(2)22-15(19-13)14-5-4-6-23-14/h4-7,9H,3,8H2,1-2H3. The molecule has 0 spiro atoms. The van der Waals surface area contributed by atoms with Crippen molar-refractivity contribution in [2.45, 2.75) is 26.8 Å². The molecule has 0 N–H and O–H groups in total. The Morgan fingerprint density at radius 2 is 2.25 bits per heavy atom. The average Bonchev–Trinajstić information content (AvgIpc) is 3.30. The van der Waals surface area contributed by atoms with Gasteiger partial charge in [0.05, 0.1) is 23.1 Å². The van der Waals surface area contributed by atoms with Gasteiger partial charge in [-0.25, -0.2) is 9.97 Å². The van der Waals surface area contributed by atoms with Gasteiger partial charge in [-0.1, -0.05) is 13.0 Å². The summed E-state index contributed by atoms with van der Waals surface area (Å²) in [6.45, 7) is 4.31. The number of hydrogen-bond acceptors (Lipinski definition) is 6. The van der Waals surface area contributed by atoms with E-state index in [1.807, 2.05) is 30.5 Å². The van der Waals surface area contributed by atoms with Gasteiger partial charge in [0.25, 0.3) is 5.56 Å². The zero-order chi connectivity index (χ0) is 16.7. The fraction of sp³-hybridized carbons (Fsp3) is 0.235. The van der Waals surface area contributed by atoms with Crippen LogP contribution in [0.4, 0.5) is 0 Å². The third kappa shape index (κ3) is 2.59. The van der Waals surface area contributed by atoms with Crippen LogP contribution in [0.15, 0.2) is 39.1 Å². The number of rotatable bonds is 4. The highest BCUT2D eigenvalue weighted by Crippen LogP contribution is 2.26. The number of thiophene rings is 2. The van der Waals surface area contributed by atoms with Crippen LogP contribution in [0.25, 0.3) is 21.0 Å². The van der Waals surface area contributed by atoms with Gasteiger partial charge in [-0.05, 0) is 30.9 Å². The molecule has 0 unspecified atom stereocenters. The first-order valence-electron chi connectivity index (χ1n) is 7.63. The van der Waals surface area contributed by atoms with E-state index in [-0.39, 0.29) is 5.56 Å². The molecule has 5 nitrogen and oxygen atoms in total. The van der Waals surface area contributed by atoms with E-state index in [2.05, 4.69) is 16.9 Å². The first kappa shape index (κ1) is 15.3. The van der Waals surface area contributed by atoms with Gasteiger partial charge in [0.1, 0.15) is 16.3 Å². The Labute approximate surface area is 146 Å². The summed E-state index contributed by atoms with van der Waals surface area (Å²) in [4.78, 5) is 24.6. The summed E-state index contributed by atoms with van der Waals surface area (Å²) < 4.78 is 7.34. The van der Waals surface area contributed by atoms with Gasteiger partial charge in [0, 0.05) is 4.88 Å². The maximum atomic E-state index is 12.7. The molecule has 0 aliphatic carbocycles. The minimum Gasteiger partial charge on any atom is -0.440 e. The first-order valence-corrected chi connectivity index (χ1v) is 9.33. The zero-order valence-electron chi connectivity index (χ0n) is 13.3. The van der Waals surface area contributed by atoms with E-state index in [0.717, 1.165) is 27.6 Å². The predicted octanol–water partition coefficient (Wildman–Crippen LogP) is 4.09. The molecule has 7 heteroatoms. The normalized spacial score (nSPS) is 11.4. The molecule has 0 aliphatic rings. The first-order chi connectivity index (χ1) is 11.7. The molecule has 0 atom stereocenters. The lowest BCUT2D eigenvalue weighted by Gasteiger charge is -2.02. The summed E-state index contributed by atoms with van der Waals surface area (Å²) >= 11 is 3.15. The fourth-order valence-corrected chi connectivity index (χ4v) is 4.11. The summed E-state index contributed by atoms with van der Waals surface area (Å²) in [5.41, 5.74) is 0.726. The van der Waals surface area contributed by atoms with Crippen molar-refractivity contribution in [2.75, 3.05) is 0 Å². The number of oxazole rings is 1. The predicted molar refractivity (Wildman–Crippen MR) is 96.9 cm³/mol. The molecular formula is C17H15N3O2S2. The van der Waals surface area contributed by atoms with Crippen LogP contribution in [0.5, 0.6) is 0 Å². The third-order valence-electron chi connectivity index (χ3n) is 3.86. The Kier molecular flexibility index (Phi) is 3.82. The average molecular weight is 357 g/mol. The molecule has 0 fully saturated rings. The van der Waals surface area contributed by atoms with Crippen LogP contribution >= 0.6 is 22.7 Å². The van der Waals surface area contributed by atoms with Crippen molar-refractivity contribution >= 4 is 32.9 Å². The van der Waals surface area contributed by atoms with E-state index in [1.165, 1.54) is 4.88 Å². The molecule has 4 heterocycles. The number of aryl methyl sites for hydroxylation is 2. The SMILES string of the molecule is CCc1cc2c(=O)n(Cc3nc(-c4cccs4)oc3C)cnc2s1. The third-order valence-corrected chi connectivity index (χ3v) is 5.91. The summed E-state index contributed by atoms with van der Waals surface area (Å²) in [6.07, 6.45) is 2.51. The van der Waals surface area contributed by atoms with Crippen LogP contribution in [-0.2, 0) is 13.0 Å². The molecule has 0 bridgehead atoms. The van der Waals surface area contributed by atoms with E-state index >= 15 is 0 Å². The molecule has 0 saturated heterocycles. The van der Waals surface area contributed by atoms with E-state index in [9.17, 15) is 4.79 Å². The number of nitrogens with zero attached hydrogens (tertiary/aromatic N) is 3. The van der Waals surface area contributed by atoms with Crippen LogP contribution in [0, 0.1) is 6.92 Å². The van der Waals surface area contributed by atoms with Gasteiger partial charge >= 0.3 is 0 Å². The van der Waals surface area contributed by atoms with Gasteiger partial charge in [-0.3, -0.25) is 9.36 Å². The molecule has 4 aromatic rings.